The second-order valence-corrected chi connectivity index (χ2v) is 5.04. The summed E-state index contributed by atoms with van der Waals surface area (Å²) >= 11 is 0. The zero-order valence-electron chi connectivity index (χ0n) is 14.4. The van der Waals surface area contributed by atoms with Crippen molar-refractivity contribution in [1.82, 2.24) is 0 Å². The maximum atomic E-state index is 5.76. The first-order valence-corrected chi connectivity index (χ1v) is 8.49. The van der Waals surface area contributed by atoms with Gasteiger partial charge in [0.25, 0.3) is 0 Å². The molecule has 0 bridgehead atoms. The molecule has 0 amide bonds. The zero-order chi connectivity index (χ0) is 15.8. The lowest BCUT2D eigenvalue weighted by molar-refractivity contribution is -0.0840. The summed E-state index contributed by atoms with van der Waals surface area (Å²) < 4.78 is 22.6. The third-order valence-corrected chi connectivity index (χ3v) is 2.79. The second-order valence-electron chi connectivity index (χ2n) is 5.04. The van der Waals surface area contributed by atoms with Crippen LogP contribution in [0.1, 0.15) is 72.6 Å². The van der Waals surface area contributed by atoms with E-state index in [2.05, 4.69) is 27.7 Å². The summed E-state index contributed by atoms with van der Waals surface area (Å²) in [6, 6.07) is 0. The smallest absolute Gasteiger partial charge is 0.321 e. The van der Waals surface area contributed by atoms with Crippen molar-refractivity contribution in [2.75, 3.05) is 26.6 Å². The van der Waals surface area contributed by atoms with Crippen molar-refractivity contribution in [3.05, 3.63) is 11.7 Å². The van der Waals surface area contributed by atoms with Crippen molar-refractivity contribution >= 4 is 0 Å². The maximum absolute atomic E-state index is 5.76. The van der Waals surface area contributed by atoms with Crippen LogP contribution in [0.5, 0.6) is 0 Å². The molecule has 0 spiro atoms. The van der Waals surface area contributed by atoms with Crippen LogP contribution in [0.3, 0.4) is 0 Å². The highest BCUT2D eigenvalue weighted by atomic mass is 16.7. The number of unbranched alkanes of at least 4 members (excludes halogenated alkanes) is 2. The summed E-state index contributed by atoms with van der Waals surface area (Å²) in [5.74, 6) is 1.31. The fourth-order valence-corrected chi connectivity index (χ4v) is 1.69. The molecule has 4 heteroatoms. The Balaban J connectivity index is 4.34. The topological polar surface area (TPSA) is 36.9 Å². The van der Waals surface area contributed by atoms with Gasteiger partial charge in [-0.3, -0.25) is 0 Å². The lowest BCUT2D eigenvalue weighted by Gasteiger charge is -2.17. The van der Waals surface area contributed by atoms with Gasteiger partial charge in [-0.05, 0) is 25.7 Å². The standard InChI is InChI=1S/C17H34O4/c1-5-9-10-14-18-15-21-17(20-13-8-4)16(11-6-2)19-12-7-3/h5-15H2,1-4H3. The molecule has 126 valence electrons. The van der Waals surface area contributed by atoms with Gasteiger partial charge in [-0.2, -0.15) is 0 Å². The summed E-state index contributed by atoms with van der Waals surface area (Å²) in [6.45, 7) is 10.7. The van der Waals surface area contributed by atoms with Crippen LogP contribution >= 0.6 is 0 Å². The van der Waals surface area contributed by atoms with E-state index in [0.29, 0.717) is 19.2 Å². The molecule has 0 aromatic carbocycles. The molecule has 0 atom stereocenters. The van der Waals surface area contributed by atoms with E-state index in [9.17, 15) is 0 Å². The third-order valence-electron chi connectivity index (χ3n) is 2.79. The summed E-state index contributed by atoms with van der Waals surface area (Å²) in [4.78, 5) is 0. The van der Waals surface area contributed by atoms with Crippen molar-refractivity contribution in [2.45, 2.75) is 72.6 Å². The maximum Gasteiger partial charge on any atom is 0.321 e. The molecule has 0 rings (SSSR count). The predicted octanol–water partition coefficient (Wildman–Crippen LogP) is 4.99. The monoisotopic (exact) mass is 302 g/mol. The van der Waals surface area contributed by atoms with E-state index in [1.54, 1.807) is 0 Å². The average Bonchev–Trinajstić information content (AvgIpc) is 2.50. The van der Waals surface area contributed by atoms with Crippen molar-refractivity contribution in [2.24, 2.45) is 0 Å². The van der Waals surface area contributed by atoms with Gasteiger partial charge in [0.15, 0.2) is 12.6 Å². The summed E-state index contributed by atoms with van der Waals surface area (Å²) in [7, 11) is 0. The molecule has 0 aromatic heterocycles. The molecule has 0 fully saturated rings. The van der Waals surface area contributed by atoms with E-state index in [0.717, 1.165) is 44.5 Å². The molecule has 4 nitrogen and oxygen atoms in total. The van der Waals surface area contributed by atoms with Crippen LogP contribution in [0.4, 0.5) is 0 Å². The largest absolute Gasteiger partial charge is 0.491 e. The molecule has 21 heavy (non-hydrogen) atoms. The van der Waals surface area contributed by atoms with Gasteiger partial charge >= 0.3 is 5.95 Å². The fraction of sp³-hybridized carbons (Fsp3) is 0.882. The molecule has 0 aromatic rings. The molecule has 0 saturated heterocycles. The average molecular weight is 302 g/mol. The van der Waals surface area contributed by atoms with Gasteiger partial charge in [0.05, 0.1) is 19.8 Å². The Labute approximate surface area is 130 Å². The van der Waals surface area contributed by atoms with E-state index in [-0.39, 0.29) is 6.79 Å². The van der Waals surface area contributed by atoms with Crippen LogP contribution in [0.25, 0.3) is 0 Å². The third kappa shape index (κ3) is 11.4. The van der Waals surface area contributed by atoms with Crippen LogP contribution in [-0.2, 0) is 18.9 Å². The van der Waals surface area contributed by atoms with Crippen LogP contribution in [-0.4, -0.2) is 26.6 Å². The normalized spacial score (nSPS) is 12.0. The van der Waals surface area contributed by atoms with Crippen LogP contribution in [0, 0.1) is 0 Å². The van der Waals surface area contributed by atoms with Gasteiger partial charge in [0.2, 0.25) is 0 Å². The SMILES string of the molecule is CCCCCOCOC(OCCC)=C(CCC)OCCC. The highest BCUT2D eigenvalue weighted by Gasteiger charge is 2.11. The van der Waals surface area contributed by atoms with Gasteiger partial charge in [-0.15, -0.1) is 0 Å². The number of ether oxygens (including phenoxy) is 4. The molecule has 0 N–H and O–H groups in total. The Bertz CT molecular complexity index is 251. The molecule has 0 unspecified atom stereocenters. The number of hydrogen-bond donors (Lipinski definition) is 0. The van der Waals surface area contributed by atoms with Crippen molar-refractivity contribution in [3.8, 4) is 0 Å². The van der Waals surface area contributed by atoms with Crippen molar-refractivity contribution in [3.63, 3.8) is 0 Å². The summed E-state index contributed by atoms with van der Waals surface area (Å²) in [5.41, 5.74) is 0. The Kier molecular flexibility index (Phi) is 14.8. The van der Waals surface area contributed by atoms with Crippen LogP contribution in [0.2, 0.25) is 0 Å². The number of hydrogen-bond acceptors (Lipinski definition) is 4. The minimum atomic E-state index is 0.228. The Morgan fingerprint density at radius 2 is 1.38 bits per heavy atom. The van der Waals surface area contributed by atoms with E-state index in [1.807, 2.05) is 0 Å². The minimum Gasteiger partial charge on any atom is -0.491 e. The van der Waals surface area contributed by atoms with Crippen molar-refractivity contribution in [1.29, 1.82) is 0 Å². The molecular formula is C17H34O4. The van der Waals surface area contributed by atoms with Crippen LogP contribution < -0.4 is 0 Å². The molecule has 0 aliphatic heterocycles. The van der Waals surface area contributed by atoms with E-state index in [4.69, 9.17) is 18.9 Å². The number of allylic oxidation sites excluding steroid dienone is 1. The van der Waals surface area contributed by atoms with Gasteiger partial charge in [-0.25, -0.2) is 0 Å². The molecule has 0 heterocycles. The van der Waals surface area contributed by atoms with E-state index >= 15 is 0 Å². The first-order valence-electron chi connectivity index (χ1n) is 8.49. The molecule has 0 saturated carbocycles. The lowest BCUT2D eigenvalue weighted by atomic mass is 10.3. The van der Waals surface area contributed by atoms with Crippen LogP contribution in [0.15, 0.2) is 11.7 Å². The van der Waals surface area contributed by atoms with E-state index in [1.165, 1.54) is 12.8 Å². The highest BCUT2D eigenvalue weighted by molar-refractivity contribution is 4.95. The van der Waals surface area contributed by atoms with Gasteiger partial charge in [-0.1, -0.05) is 40.5 Å². The Hall–Kier alpha value is -0.900. The molecule has 0 aliphatic rings. The quantitative estimate of drug-likeness (QED) is 0.242. The van der Waals surface area contributed by atoms with Gasteiger partial charge in [0, 0.05) is 6.42 Å². The second kappa shape index (κ2) is 15.5. The Morgan fingerprint density at radius 3 is 2.00 bits per heavy atom. The first kappa shape index (κ1) is 20.1. The predicted molar refractivity (Wildman–Crippen MR) is 85.8 cm³/mol. The Morgan fingerprint density at radius 1 is 0.667 bits per heavy atom. The zero-order valence-corrected chi connectivity index (χ0v) is 14.4. The fourth-order valence-electron chi connectivity index (χ4n) is 1.69. The lowest BCUT2D eigenvalue weighted by Crippen LogP contribution is -2.10. The van der Waals surface area contributed by atoms with Crippen molar-refractivity contribution < 1.29 is 18.9 Å². The molecule has 0 aliphatic carbocycles. The number of rotatable bonds is 15. The minimum absolute atomic E-state index is 0.228. The summed E-state index contributed by atoms with van der Waals surface area (Å²) in [6.07, 6.45) is 7.20. The van der Waals surface area contributed by atoms with E-state index < -0.39 is 0 Å². The highest BCUT2D eigenvalue weighted by Crippen LogP contribution is 2.16. The summed E-state index contributed by atoms with van der Waals surface area (Å²) in [5, 5.41) is 0. The van der Waals surface area contributed by atoms with Gasteiger partial charge in [0.1, 0.15) is 0 Å². The van der Waals surface area contributed by atoms with Gasteiger partial charge < -0.3 is 18.9 Å². The molecule has 0 radical (unpaired) electrons. The first-order chi connectivity index (χ1) is 10.3. The molecular weight excluding hydrogens is 268 g/mol.